The van der Waals surface area contributed by atoms with Gasteiger partial charge >= 0.3 is 6.18 Å². The predicted octanol–water partition coefficient (Wildman–Crippen LogP) is 2.95. The molecule has 1 N–H and O–H groups in total. The number of carbonyl (C=O) groups excluding carboxylic acids is 1. The lowest BCUT2D eigenvalue weighted by atomic mass is 9.99. The third kappa shape index (κ3) is 5.80. The molecule has 0 saturated carbocycles. The van der Waals surface area contributed by atoms with Gasteiger partial charge in [0, 0.05) is 19.6 Å². The van der Waals surface area contributed by atoms with Crippen LogP contribution in [-0.2, 0) is 21.4 Å². The Kier molecular flexibility index (Phi) is 7.13. The van der Waals surface area contributed by atoms with Crippen molar-refractivity contribution in [2.45, 2.75) is 44.3 Å². The number of sulfonamides is 1. The SMILES string of the molecule is Cc1noc(C)c1S(=O)(=O)N1CCC[C@H](C(=O)NCc2ccc(OCC(F)(F)F)cc2)C1. The minimum Gasteiger partial charge on any atom is -0.484 e. The van der Waals surface area contributed by atoms with Crippen molar-refractivity contribution in [1.29, 1.82) is 0 Å². The summed E-state index contributed by atoms with van der Waals surface area (Å²) < 4.78 is 73.5. The summed E-state index contributed by atoms with van der Waals surface area (Å²) in [5, 5.41) is 6.46. The van der Waals surface area contributed by atoms with Crippen LogP contribution in [0, 0.1) is 19.8 Å². The molecule has 8 nitrogen and oxygen atoms in total. The van der Waals surface area contributed by atoms with Crippen LogP contribution in [0.4, 0.5) is 13.2 Å². The molecule has 1 aliphatic heterocycles. The van der Waals surface area contributed by atoms with E-state index < -0.39 is 28.7 Å². The molecule has 12 heteroatoms. The third-order valence-electron chi connectivity index (χ3n) is 5.11. The summed E-state index contributed by atoms with van der Waals surface area (Å²) in [6.07, 6.45) is -3.34. The Morgan fingerprint density at radius 1 is 1.28 bits per heavy atom. The summed E-state index contributed by atoms with van der Waals surface area (Å²) in [7, 11) is -3.83. The minimum absolute atomic E-state index is 0.0337. The van der Waals surface area contributed by atoms with Crippen LogP contribution in [0.3, 0.4) is 0 Å². The Bertz CT molecular complexity index is 1030. The second-order valence-corrected chi connectivity index (χ2v) is 9.50. The van der Waals surface area contributed by atoms with Crippen molar-refractivity contribution in [3.05, 3.63) is 41.3 Å². The van der Waals surface area contributed by atoms with E-state index in [2.05, 4.69) is 15.2 Å². The van der Waals surface area contributed by atoms with Crippen LogP contribution in [0.25, 0.3) is 0 Å². The van der Waals surface area contributed by atoms with Crippen LogP contribution in [-0.4, -0.2) is 49.7 Å². The smallest absolute Gasteiger partial charge is 0.422 e. The van der Waals surface area contributed by atoms with E-state index in [9.17, 15) is 26.4 Å². The first kappa shape index (κ1) is 24.1. The van der Waals surface area contributed by atoms with Gasteiger partial charge in [0.15, 0.2) is 12.4 Å². The molecule has 1 saturated heterocycles. The number of carbonyl (C=O) groups is 1. The van der Waals surface area contributed by atoms with Gasteiger partial charge in [-0.1, -0.05) is 17.3 Å². The van der Waals surface area contributed by atoms with Gasteiger partial charge in [-0.15, -0.1) is 0 Å². The van der Waals surface area contributed by atoms with E-state index in [1.165, 1.54) is 23.4 Å². The molecule has 1 amide bonds. The number of hydrogen-bond acceptors (Lipinski definition) is 6. The van der Waals surface area contributed by atoms with E-state index in [4.69, 9.17) is 4.52 Å². The van der Waals surface area contributed by atoms with Gasteiger partial charge in [0.2, 0.25) is 15.9 Å². The van der Waals surface area contributed by atoms with Gasteiger partial charge in [0.25, 0.3) is 0 Å². The first-order chi connectivity index (χ1) is 15.0. The molecule has 0 unspecified atom stereocenters. The number of halogens is 3. The summed E-state index contributed by atoms with van der Waals surface area (Å²) in [6, 6.07) is 5.90. The maximum atomic E-state index is 13.0. The maximum Gasteiger partial charge on any atom is 0.422 e. The number of ether oxygens (including phenoxy) is 1. The Balaban J connectivity index is 1.57. The van der Waals surface area contributed by atoms with Crippen LogP contribution < -0.4 is 10.1 Å². The fourth-order valence-corrected chi connectivity index (χ4v) is 5.36. The number of benzene rings is 1. The zero-order chi connectivity index (χ0) is 23.5. The van der Waals surface area contributed by atoms with Gasteiger partial charge in [-0.2, -0.15) is 17.5 Å². The lowest BCUT2D eigenvalue weighted by Crippen LogP contribution is -2.45. The number of aromatic nitrogens is 1. The molecular weight excluding hydrogens is 451 g/mol. The monoisotopic (exact) mass is 475 g/mol. The summed E-state index contributed by atoms with van der Waals surface area (Å²) >= 11 is 0. The molecule has 1 atom stereocenters. The van der Waals surface area contributed by atoms with Crippen LogP contribution >= 0.6 is 0 Å². The van der Waals surface area contributed by atoms with Gasteiger partial charge in [-0.05, 0) is 44.4 Å². The van der Waals surface area contributed by atoms with E-state index in [0.29, 0.717) is 24.9 Å². The van der Waals surface area contributed by atoms with Gasteiger partial charge in [0.1, 0.15) is 16.3 Å². The zero-order valence-electron chi connectivity index (χ0n) is 17.6. The fourth-order valence-electron chi connectivity index (χ4n) is 3.55. The average Bonchev–Trinajstić information content (AvgIpc) is 3.09. The lowest BCUT2D eigenvalue weighted by Gasteiger charge is -2.31. The Labute approximate surface area is 183 Å². The highest BCUT2D eigenvalue weighted by atomic mass is 32.2. The quantitative estimate of drug-likeness (QED) is 0.661. The molecule has 3 rings (SSSR count). The standard InChI is InChI=1S/C20H24F3N3O5S/c1-13-18(14(2)31-25-13)32(28,29)26-9-3-4-16(11-26)19(27)24-10-15-5-7-17(8-6-15)30-12-20(21,22)23/h5-8,16H,3-4,9-12H2,1-2H3,(H,24,27)/t16-/m0/s1. The molecule has 0 radical (unpaired) electrons. The van der Waals surface area contributed by atoms with Crippen molar-refractivity contribution in [1.82, 2.24) is 14.8 Å². The second kappa shape index (κ2) is 9.49. The number of hydrogen-bond donors (Lipinski definition) is 1. The van der Waals surface area contributed by atoms with Crippen molar-refractivity contribution >= 4 is 15.9 Å². The number of nitrogens with one attached hydrogen (secondary N) is 1. The first-order valence-corrected chi connectivity index (χ1v) is 11.4. The highest BCUT2D eigenvalue weighted by Crippen LogP contribution is 2.28. The van der Waals surface area contributed by atoms with Crippen molar-refractivity contribution in [3.8, 4) is 5.75 Å². The molecule has 1 fully saturated rings. The number of aryl methyl sites for hydroxylation is 2. The normalized spacial score (nSPS) is 17.8. The molecule has 0 aliphatic carbocycles. The van der Waals surface area contributed by atoms with E-state index >= 15 is 0 Å². The number of rotatable bonds is 7. The average molecular weight is 475 g/mol. The lowest BCUT2D eigenvalue weighted by molar-refractivity contribution is -0.153. The highest BCUT2D eigenvalue weighted by Gasteiger charge is 2.36. The zero-order valence-corrected chi connectivity index (χ0v) is 18.4. The molecule has 2 heterocycles. The Hall–Kier alpha value is -2.60. The van der Waals surface area contributed by atoms with Gasteiger partial charge in [-0.25, -0.2) is 8.42 Å². The maximum absolute atomic E-state index is 13.0. The van der Waals surface area contributed by atoms with Crippen LogP contribution in [0.15, 0.2) is 33.7 Å². The summed E-state index contributed by atoms with van der Waals surface area (Å²) in [6.45, 7) is 2.21. The third-order valence-corrected chi connectivity index (χ3v) is 7.22. The minimum atomic E-state index is -4.42. The van der Waals surface area contributed by atoms with E-state index in [1.807, 2.05) is 0 Å². The molecule has 176 valence electrons. The molecule has 1 aromatic heterocycles. The van der Waals surface area contributed by atoms with E-state index in [1.54, 1.807) is 19.1 Å². The topological polar surface area (TPSA) is 102 Å². The molecule has 32 heavy (non-hydrogen) atoms. The Morgan fingerprint density at radius 3 is 2.56 bits per heavy atom. The van der Waals surface area contributed by atoms with E-state index in [0.717, 1.165) is 0 Å². The fraction of sp³-hybridized carbons (Fsp3) is 0.500. The Morgan fingerprint density at radius 2 is 1.97 bits per heavy atom. The summed E-state index contributed by atoms with van der Waals surface area (Å²) in [5.74, 6) is -0.531. The number of piperidine rings is 1. The van der Waals surface area contributed by atoms with Crippen LogP contribution in [0.2, 0.25) is 0 Å². The van der Waals surface area contributed by atoms with Crippen LogP contribution in [0.5, 0.6) is 5.75 Å². The van der Waals surface area contributed by atoms with Crippen molar-refractivity contribution in [3.63, 3.8) is 0 Å². The van der Waals surface area contributed by atoms with Crippen molar-refractivity contribution < 1.29 is 35.6 Å². The first-order valence-electron chi connectivity index (χ1n) is 9.96. The largest absolute Gasteiger partial charge is 0.484 e. The number of nitrogens with zero attached hydrogens (tertiary/aromatic N) is 2. The number of amides is 1. The van der Waals surface area contributed by atoms with Gasteiger partial charge in [0.05, 0.1) is 5.92 Å². The summed E-state index contributed by atoms with van der Waals surface area (Å²) in [5.41, 5.74) is 0.949. The molecule has 0 bridgehead atoms. The molecule has 1 aromatic carbocycles. The molecular formula is C20H24F3N3O5S. The van der Waals surface area contributed by atoms with Crippen molar-refractivity contribution in [2.75, 3.05) is 19.7 Å². The predicted molar refractivity (Wildman–Crippen MR) is 107 cm³/mol. The van der Waals surface area contributed by atoms with Crippen LogP contribution in [0.1, 0.15) is 29.9 Å². The molecule has 2 aromatic rings. The number of alkyl halides is 3. The highest BCUT2D eigenvalue weighted by molar-refractivity contribution is 7.89. The molecule has 0 spiro atoms. The van der Waals surface area contributed by atoms with E-state index in [-0.39, 0.29) is 41.1 Å². The van der Waals surface area contributed by atoms with Gasteiger partial charge < -0.3 is 14.6 Å². The summed E-state index contributed by atoms with van der Waals surface area (Å²) in [4.78, 5) is 12.7. The van der Waals surface area contributed by atoms with Crippen molar-refractivity contribution in [2.24, 2.45) is 5.92 Å². The molecule has 1 aliphatic rings. The van der Waals surface area contributed by atoms with Gasteiger partial charge in [-0.3, -0.25) is 4.79 Å². The second-order valence-electron chi connectivity index (χ2n) is 7.62.